The summed E-state index contributed by atoms with van der Waals surface area (Å²) in [7, 11) is 0. The van der Waals surface area contributed by atoms with Gasteiger partial charge < -0.3 is 10.1 Å². The molecule has 184 valence electrons. The van der Waals surface area contributed by atoms with Crippen LogP contribution in [-0.4, -0.2) is 15.7 Å². The van der Waals surface area contributed by atoms with Gasteiger partial charge in [0.2, 0.25) is 5.91 Å². The summed E-state index contributed by atoms with van der Waals surface area (Å²) in [5, 5.41) is 6.93. The Morgan fingerprint density at radius 3 is 2.63 bits per heavy atom. The molecule has 2 aliphatic rings. The number of aromatic nitrogens is 2. The van der Waals surface area contributed by atoms with Gasteiger partial charge in [0.25, 0.3) is 0 Å². The van der Waals surface area contributed by atoms with Crippen molar-refractivity contribution in [2.75, 3.05) is 0 Å². The third kappa shape index (κ3) is 5.82. The van der Waals surface area contributed by atoms with E-state index in [1.165, 1.54) is 19.1 Å². The van der Waals surface area contributed by atoms with Crippen molar-refractivity contribution in [1.82, 2.24) is 15.1 Å². The van der Waals surface area contributed by atoms with Gasteiger partial charge in [-0.3, -0.25) is 4.79 Å². The lowest BCUT2D eigenvalue weighted by Gasteiger charge is -2.29. The van der Waals surface area contributed by atoms with Gasteiger partial charge in [-0.15, -0.1) is 0 Å². The van der Waals surface area contributed by atoms with Crippen LogP contribution in [0.4, 0.5) is 13.2 Å². The van der Waals surface area contributed by atoms with Crippen LogP contribution < -0.4 is 5.32 Å². The first-order chi connectivity index (χ1) is 16.6. The molecule has 2 atom stereocenters. The maximum Gasteiger partial charge on any atom is 0.435 e. The number of hydrogen-bond donors (Lipinski definition) is 1. The predicted molar refractivity (Wildman–Crippen MR) is 128 cm³/mol. The molecule has 1 N–H and O–H groups in total. The lowest BCUT2D eigenvalue weighted by Crippen LogP contribution is -2.29. The zero-order valence-electron chi connectivity index (χ0n) is 18.7. The lowest BCUT2D eigenvalue weighted by molar-refractivity contribution is -0.141. The van der Waals surface area contributed by atoms with Gasteiger partial charge in [0.05, 0.1) is 15.7 Å². The van der Waals surface area contributed by atoms with E-state index in [1.54, 1.807) is 12.1 Å². The Bertz CT molecular complexity index is 1220. The molecule has 4 rings (SSSR count). The predicted octanol–water partition coefficient (Wildman–Crippen LogP) is 6.77. The van der Waals surface area contributed by atoms with Gasteiger partial charge in [-0.1, -0.05) is 47.5 Å². The number of carbonyl (C=O) groups is 1. The van der Waals surface area contributed by atoms with E-state index in [2.05, 4.69) is 16.5 Å². The number of rotatable bonds is 6. The average Bonchev–Trinajstić information content (AvgIpc) is 3.22. The Balaban J connectivity index is 1.50. The molecule has 0 radical (unpaired) electrons. The number of nitrogens with zero attached hydrogens (tertiary/aromatic N) is 2. The topological polar surface area (TPSA) is 56.1 Å². The van der Waals surface area contributed by atoms with E-state index < -0.39 is 11.9 Å². The molecule has 2 unspecified atom stereocenters. The number of nitrogens with one attached hydrogen (secondary N) is 1. The van der Waals surface area contributed by atoms with E-state index >= 15 is 0 Å². The molecule has 1 heterocycles. The zero-order valence-corrected chi connectivity index (χ0v) is 20.2. The highest BCUT2D eigenvalue weighted by molar-refractivity contribution is 6.37. The van der Waals surface area contributed by atoms with Gasteiger partial charge in [0.1, 0.15) is 18.1 Å². The third-order valence-corrected chi connectivity index (χ3v) is 6.36. The molecule has 1 amide bonds. The molecule has 10 heteroatoms. The van der Waals surface area contributed by atoms with Gasteiger partial charge in [-0.2, -0.15) is 18.3 Å². The highest BCUT2D eigenvalue weighted by Crippen LogP contribution is 2.35. The van der Waals surface area contributed by atoms with Gasteiger partial charge in [0.15, 0.2) is 5.69 Å². The van der Waals surface area contributed by atoms with Crippen LogP contribution in [0.25, 0.3) is 5.69 Å². The monoisotopic (exact) mass is 523 g/mol. The molecule has 1 aromatic heterocycles. The fourth-order valence-corrected chi connectivity index (χ4v) is 4.67. The van der Waals surface area contributed by atoms with Crippen molar-refractivity contribution in [1.29, 1.82) is 0 Å². The first-order valence-corrected chi connectivity index (χ1v) is 11.6. The van der Waals surface area contributed by atoms with Crippen molar-refractivity contribution in [3.8, 4) is 5.69 Å². The minimum Gasteiger partial charge on any atom is -0.488 e. The standard InChI is InChI=1S/C25H22Cl2F3N3O2/c1-15(34)31-22-8-3-2-5-19(22)16-9-11-18(12-10-16)35-14-17-13-23(25(28,29)30)32-33(17)24-20(26)6-4-7-21(24)27/h2-4,6-9,11-13,16,19H,5,10,14H2,1H3,(H,31,34). The van der Waals surface area contributed by atoms with Crippen LogP contribution in [0.2, 0.25) is 10.0 Å². The molecule has 0 fully saturated rings. The molecule has 5 nitrogen and oxygen atoms in total. The number of amides is 1. The first kappa shape index (κ1) is 25.1. The molecular weight excluding hydrogens is 502 g/mol. The largest absolute Gasteiger partial charge is 0.488 e. The average molecular weight is 524 g/mol. The SMILES string of the molecule is CC(=O)NC1=CC=CCC1C1C=CC(OCc2cc(C(F)(F)F)nn2-c2c(Cl)cccc2Cl)=CC1. The van der Waals surface area contributed by atoms with E-state index in [-0.39, 0.29) is 45.8 Å². The fourth-order valence-electron chi connectivity index (χ4n) is 4.12. The minimum absolute atomic E-state index is 0.121. The van der Waals surface area contributed by atoms with Gasteiger partial charge in [-0.05, 0) is 55.2 Å². The highest BCUT2D eigenvalue weighted by atomic mass is 35.5. The summed E-state index contributed by atoms with van der Waals surface area (Å²) in [6, 6.07) is 5.58. The van der Waals surface area contributed by atoms with Crippen LogP contribution in [0.1, 0.15) is 31.2 Å². The summed E-state index contributed by atoms with van der Waals surface area (Å²) in [5.41, 5.74) is 0.105. The van der Waals surface area contributed by atoms with Crippen molar-refractivity contribution in [2.45, 2.75) is 32.5 Å². The zero-order chi connectivity index (χ0) is 25.2. The van der Waals surface area contributed by atoms with Crippen LogP contribution in [0, 0.1) is 11.8 Å². The van der Waals surface area contributed by atoms with Crippen LogP contribution in [-0.2, 0) is 22.3 Å². The molecule has 0 saturated carbocycles. The Labute approximate surface area is 210 Å². The Kier molecular flexibility index (Phi) is 7.42. The van der Waals surface area contributed by atoms with Crippen LogP contribution in [0.15, 0.2) is 72.2 Å². The van der Waals surface area contributed by atoms with Crippen molar-refractivity contribution < 1.29 is 22.7 Å². The van der Waals surface area contributed by atoms with Gasteiger partial charge >= 0.3 is 6.18 Å². The Morgan fingerprint density at radius 2 is 2.00 bits per heavy atom. The Morgan fingerprint density at radius 1 is 1.26 bits per heavy atom. The maximum atomic E-state index is 13.4. The molecule has 0 aliphatic heterocycles. The molecule has 0 saturated heterocycles. The quantitative estimate of drug-likeness (QED) is 0.454. The van der Waals surface area contributed by atoms with Gasteiger partial charge in [-0.25, -0.2) is 4.68 Å². The lowest BCUT2D eigenvalue weighted by atomic mass is 9.80. The number of alkyl halides is 3. The Hall–Kier alpha value is -2.97. The highest BCUT2D eigenvalue weighted by Gasteiger charge is 2.35. The van der Waals surface area contributed by atoms with Crippen LogP contribution in [0.5, 0.6) is 0 Å². The number of carbonyl (C=O) groups excluding carboxylic acids is 1. The van der Waals surface area contributed by atoms with Crippen molar-refractivity contribution in [2.24, 2.45) is 11.8 Å². The van der Waals surface area contributed by atoms with Crippen LogP contribution >= 0.6 is 23.2 Å². The second-order valence-electron chi connectivity index (χ2n) is 8.23. The minimum atomic E-state index is -4.64. The number of allylic oxidation sites excluding steroid dienone is 7. The van der Waals surface area contributed by atoms with E-state index in [9.17, 15) is 18.0 Å². The number of benzene rings is 1. The fraction of sp³-hybridized carbons (Fsp3) is 0.280. The van der Waals surface area contributed by atoms with E-state index in [0.717, 1.165) is 22.9 Å². The van der Waals surface area contributed by atoms with Crippen molar-refractivity contribution in [3.05, 3.63) is 93.6 Å². The molecular formula is C25H22Cl2F3N3O2. The summed E-state index contributed by atoms with van der Waals surface area (Å²) in [6.07, 6.45) is 8.37. The molecule has 1 aromatic carbocycles. The molecule has 2 aliphatic carbocycles. The van der Waals surface area contributed by atoms with E-state index in [1.807, 2.05) is 24.3 Å². The summed E-state index contributed by atoms with van der Waals surface area (Å²) in [6.45, 7) is 1.30. The van der Waals surface area contributed by atoms with Crippen molar-refractivity contribution >= 4 is 29.1 Å². The first-order valence-electron chi connectivity index (χ1n) is 10.9. The number of para-hydroxylation sites is 1. The molecule has 0 bridgehead atoms. The number of ether oxygens (including phenoxy) is 1. The molecule has 0 spiro atoms. The molecule has 35 heavy (non-hydrogen) atoms. The van der Waals surface area contributed by atoms with E-state index in [4.69, 9.17) is 27.9 Å². The molecule has 2 aromatic rings. The third-order valence-electron chi connectivity index (χ3n) is 5.75. The summed E-state index contributed by atoms with van der Waals surface area (Å²) < 4.78 is 47.0. The maximum absolute atomic E-state index is 13.4. The summed E-state index contributed by atoms with van der Waals surface area (Å²) in [5.74, 6) is 0.680. The second-order valence-corrected chi connectivity index (χ2v) is 9.04. The smallest absolute Gasteiger partial charge is 0.435 e. The van der Waals surface area contributed by atoms with E-state index in [0.29, 0.717) is 12.2 Å². The van der Waals surface area contributed by atoms with Crippen molar-refractivity contribution in [3.63, 3.8) is 0 Å². The second kappa shape index (κ2) is 10.3. The normalized spacial score (nSPS) is 19.8. The van der Waals surface area contributed by atoms with Crippen LogP contribution in [0.3, 0.4) is 0 Å². The summed E-state index contributed by atoms with van der Waals surface area (Å²) in [4.78, 5) is 11.5. The number of halogens is 5. The number of hydrogen-bond acceptors (Lipinski definition) is 3. The van der Waals surface area contributed by atoms with Gasteiger partial charge in [0, 0.05) is 18.5 Å². The summed E-state index contributed by atoms with van der Waals surface area (Å²) >= 11 is 12.4.